The molecule has 3 heterocycles. The summed E-state index contributed by atoms with van der Waals surface area (Å²) in [4.78, 5) is 26.7. The smallest absolute Gasteiger partial charge is 0.251 e. The molecule has 0 unspecified atom stereocenters. The predicted octanol–water partition coefficient (Wildman–Crippen LogP) is 5.42. The third-order valence-corrected chi connectivity index (χ3v) is 8.26. The first-order valence-electron chi connectivity index (χ1n) is 13.6. The molecule has 11 heteroatoms. The molecule has 4 aromatic rings. The molecule has 0 bridgehead atoms. The summed E-state index contributed by atoms with van der Waals surface area (Å²) in [6.07, 6.45) is 0. The number of halogens is 1. The summed E-state index contributed by atoms with van der Waals surface area (Å²) in [6.45, 7) is 4.02. The van der Waals surface area contributed by atoms with E-state index in [1.807, 2.05) is 60.7 Å². The summed E-state index contributed by atoms with van der Waals surface area (Å²) in [5.41, 5.74) is 3.71. The van der Waals surface area contributed by atoms with Crippen molar-refractivity contribution < 1.29 is 19.0 Å². The van der Waals surface area contributed by atoms with Gasteiger partial charge in [0.2, 0.25) is 6.79 Å². The van der Waals surface area contributed by atoms with Gasteiger partial charge < -0.3 is 29.3 Å². The van der Waals surface area contributed by atoms with Crippen LogP contribution in [0.5, 0.6) is 17.2 Å². The number of fused-ring (bicyclic) bond motifs is 1. The van der Waals surface area contributed by atoms with Gasteiger partial charge in [0.1, 0.15) is 16.7 Å². The van der Waals surface area contributed by atoms with Crippen molar-refractivity contribution in [3.8, 4) is 17.2 Å². The number of nitrogens with one attached hydrogen (secondary N) is 1. The van der Waals surface area contributed by atoms with Crippen LogP contribution in [0, 0.1) is 0 Å². The van der Waals surface area contributed by atoms with E-state index in [2.05, 4.69) is 32.2 Å². The maximum Gasteiger partial charge on any atom is 0.251 e. The molecule has 1 amide bonds. The van der Waals surface area contributed by atoms with Gasteiger partial charge in [-0.2, -0.15) is 0 Å². The molecule has 9 nitrogen and oxygen atoms in total. The molecule has 2 aliphatic heterocycles. The zero-order valence-electron chi connectivity index (χ0n) is 23.1. The molecule has 1 saturated heterocycles. The average Bonchev–Trinajstić information content (AvgIpc) is 3.51. The summed E-state index contributed by atoms with van der Waals surface area (Å²) in [7, 11) is 1.67. The predicted molar refractivity (Wildman–Crippen MR) is 164 cm³/mol. The number of hydrogen-bond acceptors (Lipinski definition) is 9. The zero-order chi connectivity index (χ0) is 28.9. The van der Waals surface area contributed by atoms with Crippen molar-refractivity contribution in [1.29, 1.82) is 0 Å². The Bertz CT molecular complexity index is 1560. The van der Waals surface area contributed by atoms with E-state index < -0.39 is 0 Å². The van der Waals surface area contributed by atoms with Gasteiger partial charge in [-0.1, -0.05) is 41.6 Å². The highest BCUT2D eigenvalue weighted by Crippen LogP contribution is 2.32. The molecule has 0 spiro atoms. The lowest BCUT2D eigenvalue weighted by atomic mass is 10.1. The van der Waals surface area contributed by atoms with Gasteiger partial charge in [0.15, 0.2) is 16.7 Å². The first kappa shape index (κ1) is 28.0. The second-order valence-corrected chi connectivity index (χ2v) is 11.2. The van der Waals surface area contributed by atoms with Crippen molar-refractivity contribution in [2.45, 2.75) is 17.5 Å². The molecular formula is C31H30ClN5O4S. The summed E-state index contributed by atoms with van der Waals surface area (Å²) in [5.74, 6) is 3.55. The van der Waals surface area contributed by atoms with Crippen molar-refractivity contribution >= 4 is 40.8 Å². The van der Waals surface area contributed by atoms with Crippen LogP contribution in [0.15, 0.2) is 78.0 Å². The number of carbonyl (C=O) groups is 1. The summed E-state index contributed by atoms with van der Waals surface area (Å²) in [5, 5.41) is 4.00. The number of carbonyl (C=O) groups excluding carboxylic acids is 1. The van der Waals surface area contributed by atoms with Gasteiger partial charge in [-0.25, -0.2) is 9.97 Å². The molecule has 3 aromatic carbocycles. The van der Waals surface area contributed by atoms with Gasteiger partial charge in [-0.15, -0.1) is 0 Å². The SMILES string of the molecule is COc1ccc(N2CCN(c3cc(Cl)nc(SCc4cccc(C(=O)NCc5ccc6c(c5)OCO6)c4)n3)CC2)cc1. The van der Waals surface area contributed by atoms with Crippen LogP contribution in [0.1, 0.15) is 21.5 Å². The van der Waals surface area contributed by atoms with Gasteiger partial charge in [-0.3, -0.25) is 4.79 Å². The number of hydrogen-bond donors (Lipinski definition) is 1. The maximum atomic E-state index is 12.9. The number of amides is 1. The lowest BCUT2D eigenvalue weighted by molar-refractivity contribution is 0.0950. The lowest BCUT2D eigenvalue weighted by Gasteiger charge is -2.36. The minimum absolute atomic E-state index is 0.144. The van der Waals surface area contributed by atoms with E-state index in [1.165, 1.54) is 17.4 Å². The van der Waals surface area contributed by atoms with Crippen molar-refractivity contribution in [2.75, 3.05) is 49.9 Å². The number of aromatic nitrogens is 2. The van der Waals surface area contributed by atoms with Gasteiger partial charge in [-0.05, 0) is 59.7 Å². The number of nitrogens with zero attached hydrogens (tertiary/aromatic N) is 4. The molecule has 42 heavy (non-hydrogen) atoms. The highest BCUT2D eigenvalue weighted by atomic mass is 35.5. The maximum absolute atomic E-state index is 12.9. The van der Waals surface area contributed by atoms with Gasteiger partial charge in [0.05, 0.1) is 7.11 Å². The van der Waals surface area contributed by atoms with E-state index in [9.17, 15) is 4.79 Å². The molecular weight excluding hydrogens is 574 g/mol. The lowest BCUT2D eigenvalue weighted by Crippen LogP contribution is -2.46. The Morgan fingerprint density at radius 2 is 1.71 bits per heavy atom. The number of ether oxygens (including phenoxy) is 3. The molecule has 0 atom stereocenters. The van der Waals surface area contributed by atoms with Crippen LogP contribution >= 0.6 is 23.4 Å². The first-order chi connectivity index (χ1) is 20.5. The highest BCUT2D eigenvalue weighted by Gasteiger charge is 2.20. The monoisotopic (exact) mass is 603 g/mol. The van der Waals surface area contributed by atoms with Crippen molar-refractivity contribution in [3.63, 3.8) is 0 Å². The number of methoxy groups -OCH3 is 1. The van der Waals surface area contributed by atoms with E-state index in [4.69, 9.17) is 30.8 Å². The third-order valence-electron chi connectivity index (χ3n) is 7.15. The topological polar surface area (TPSA) is 89.1 Å². The molecule has 1 N–H and O–H groups in total. The van der Waals surface area contributed by atoms with Crippen molar-refractivity contribution in [3.05, 3.63) is 94.6 Å². The minimum Gasteiger partial charge on any atom is -0.497 e. The van der Waals surface area contributed by atoms with E-state index in [0.29, 0.717) is 33.9 Å². The van der Waals surface area contributed by atoms with Crippen LogP contribution in [-0.2, 0) is 12.3 Å². The van der Waals surface area contributed by atoms with Gasteiger partial charge >= 0.3 is 0 Å². The Balaban J connectivity index is 1.04. The normalized spacial score (nSPS) is 14.1. The van der Waals surface area contributed by atoms with Crippen LogP contribution in [0.3, 0.4) is 0 Å². The Labute approximate surface area is 253 Å². The van der Waals surface area contributed by atoms with Crippen molar-refractivity contribution in [1.82, 2.24) is 15.3 Å². The Morgan fingerprint density at radius 1 is 0.929 bits per heavy atom. The summed E-state index contributed by atoms with van der Waals surface area (Å²) in [6, 6.07) is 23.2. The standard InChI is InChI=1S/C31H30ClN5O4S/c1-39-25-8-6-24(7-9-25)36-11-13-37(14-12-36)29-17-28(32)34-31(35-29)42-19-22-3-2-4-23(15-22)30(38)33-18-21-5-10-26-27(16-21)41-20-40-26/h2-10,15-17H,11-14,18-20H2,1H3,(H,33,38). The Kier molecular flexibility index (Phi) is 8.52. The second-order valence-electron chi connectivity index (χ2n) is 9.86. The molecule has 2 aliphatic rings. The fraction of sp³-hybridized carbons (Fsp3) is 0.258. The number of thioether (sulfide) groups is 1. The average molecular weight is 604 g/mol. The fourth-order valence-electron chi connectivity index (χ4n) is 4.88. The van der Waals surface area contributed by atoms with E-state index >= 15 is 0 Å². The Hall–Kier alpha value is -4.15. The molecule has 6 rings (SSSR count). The molecule has 0 radical (unpaired) electrons. The number of piperazine rings is 1. The Morgan fingerprint density at radius 3 is 2.52 bits per heavy atom. The van der Waals surface area contributed by atoms with Crippen LogP contribution in [0.4, 0.5) is 11.5 Å². The van der Waals surface area contributed by atoms with Crippen LogP contribution < -0.4 is 29.3 Å². The summed E-state index contributed by atoms with van der Waals surface area (Å²) < 4.78 is 16.0. The third kappa shape index (κ3) is 6.66. The van der Waals surface area contributed by atoms with Gasteiger partial charge in [0, 0.05) is 55.8 Å². The first-order valence-corrected chi connectivity index (χ1v) is 15.0. The molecule has 216 valence electrons. The number of benzene rings is 3. The largest absolute Gasteiger partial charge is 0.497 e. The second kappa shape index (κ2) is 12.8. The number of anilines is 2. The van der Waals surface area contributed by atoms with Crippen LogP contribution in [0.2, 0.25) is 5.15 Å². The van der Waals surface area contributed by atoms with Crippen LogP contribution in [-0.4, -0.2) is 56.0 Å². The van der Waals surface area contributed by atoms with Crippen molar-refractivity contribution in [2.24, 2.45) is 0 Å². The highest BCUT2D eigenvalue weighted by molar-refractivity contribution is 7.98. The minimum atomic E-state index is -0.144. The molecule has 1 fully saturated rings. The van der Waals surface area contributed by atoms with Gasteiger partial charge in [0.25, 0.3) is 5.91 Å². The van der Waals surface area contributed by atoms with Crippen LogP contribution in [0.25, 0.3) is 0 Å². The van der Waals surface area contributed by atoms with E-state index in [-0.39, 0.29) is 12.7 Å². The van der Waals surface area contributed by atoms with E-state index in [1.54, 1.807) is 7.11 Å². The zero-order valence-corrected chi connectivity index (χ0v) is 24.7. The number of rotatable bonds is 9. The summed E-state index contributed by atoms with van der Waals surface area (Å²) >= 11 is 7.90. The molecule has 0 saturated carbocycles. The quantitative estimate of drug-likeness (QED) is 0.153. The molecule has 0 aliphatic carbocycles. The van der Waals surface area contributed by atoms with E-state index in [0.717, 1.165) is 54.6 Å². The fourth-order valence-corrected chi connectivity index (χ4v) is 5.91. The molecule has 1 aromatic heterocycles.